The Balaban J connectivity index is 1.42. The Hall–Kier alpha value is -2.26. The number of fused-ring (bicyclic) bond motifs is 1. The first-order valence-electron chi connectivity index (χ1n) is 9.72. The highest BCUT2D eigenvalue weighted by atomic mass is 32.2. The zero-order valence-corrected chi connectivity index (χ0v) is 17.5. The van der Waals surface area contributed by atoms with Crippen LogP contribution in [0.1, 0.15) is 19.4 Å². The summed E-state index contributed by atoms with van der Waals surface area (Å²) in [6.45, 7) is 7.15. The molecule has 0 saturated carbocycles. The molecule has 3 heterocycles. The molecule has 2 aliphatic rings. The molecule has 9 heteroatoms. The number of halogens is 3. The summed E-state index contributed by atoms with van der Waals surface area (Å²) >= 11 is 1.28. The molecule has 2 aromatic rings. The van der Waals surface area contributed by atoms with Gasteiger partial charge in [-0.3, -0.25) is 14.7 Å². The number of piperazine rings is 1. The number of ether oxygens (including phenoxy) is 1. The predicted molar refractivity (Wildman–Crippen MR) is 111 cm³/mol. The van der Waals surface area contributed by atoms with Crippen molar-refractivity contribution in [2.75, 3.05) is 37.8 Å². The molecule has 1 saturated heterocycles. The smallest absolute Gasteiger partial charge is 0.416 e. The van der Waals surface area contributed by atoms with Crippen molar-refractivity contribution in [1.29, 1.82) is 0 Å². The second kappa shape index (κ2) is 8.11. The van der Waals surface area contributed by atoms with E-state index in [-0.39, 0.29) is 10.4 Å². The maximum Gasteiger partial charge on any atom is 0.416 e. The Kier molecular flexibility index (Phi) is 5.67. The summed E-state index contributed by atoms with van der Waals surface area (Å²) in [7, 11) is 0. The predicted octanol–water partition coefficient (Wildman–Crippen LogP) is 4.29. The lowest BCUT2D eigenvalue weighted by molar-refractivity contribution is -0.137. The van der Waals surface area contributed by atoms with Crippen molar-refractivity contribution in [2.24, 2.45) is 0 Å². The minimum absolute atomic E-state index is 0.0450. The summed E-state index contributed by atoms with van der Waals surface area (Å²) in [5.41, 5.74) is 1.23. The lowest BCUT2D eigenvalue weighted by Crippen LogP contribution is -2.47. The molecule has 0 amide bonds. The van der Waals surface area contributed by atoms with Gasteiger partial charge in [0.1, 0.15) is 12.5 Å². The van der Waals surface area contributed by atoms with Crippen LogP contribution >= 0.6 is 11.8 Å². The average Bonchev–Trinajstić information content (AvgIpc) is 2.96. The Labute approximate surface area is 176 Å². The van der Waals surface area contributed by atoms with Crippen LogP contribution in [0.5, 0.6) is 0 Å². The van der Waals surface area contributed by atoms with Crippen LogP contribution in [0, 0.1) is 0 Å². The minimum Gasteiger partial charge on any atom is -0.481 e. The first-order valence-corrected chi connectivity index (χ1v) is 10.6. The SMILES string of the molecule is CC1=C(OCN2CCN(c3ccnc4cc(C(F)(F)F)ccc34)CC2)C(C)SC1=O. The molecule has 0 radical (unpaired) electrons. The number of carbonyl (C=O) groups excluding carboxylic acids is 1. The van der Waals surface area contributed by atoms with E-state index in [4.69, 9.17) is 4.74 Å². The molecular weight excluding hydrogens is 415 g/mol. The standard InChI is InChI=1S/C21H22F3N3O2S/c1-13-19(14(2)30-20(13)28)29-12-26-7-9-27(10-8-26)18-5-6-25-17-11-15(21(22,23)24)3-4-16(17)18/h3-6,11,14H,7-10,12H2,1-2H3. The number of benzene rings is 1. The third kappa shape index (κ3) is 4.13. The molecular formula is C21H22F3N3O2S. The van der Waals surface area contributed by atoms with Gasteiger partial charge in [0.15, 0.2) is 0 Å². The number of carbonyl (C=O) groups is 1. The number of hydrogen-bond acceptors (Lipinski definition) is 6. The number of pyridine rings is 1. The van der Waals surface area contributed by atoms with E-state index in [9.17, 15) is 18.0 Å². The largest absolute Gasteiger partial charge is 0.481 e. The van der Waals surface area contributed by atoms with Crippen molar-refractivity contribution in [1.82, 2.24) is 9.88 Å². The van der Waals surface area contributed by atoms with Crippen molar-refractivity contribution < 1.29 is 22.7 Å². The summed E-state index contributed by atoms with van der Waals surface area (Å²) in [5, 5.41) is 0.829. The monoisotopic (exact) mass is 437 g/mol. The second-order valence-corrected chi connectivity index (χ2v) is 8.79. The normalized spacial score (nSPS) is 21.0. The molecule has 0 aliphatic carbocycles. The Morgan fingerprint density at radius 3 is 2.57 bits per heavy atom. The van der Waals surface area contributed by atoms with E-state index in [0.29, 0.717) is 23.2 Å². The molecule has 5 nitrogen and oxygen atoms in total. The fraction of sp³-hybridized carbons (Fsp3) is 0.429. The molecule has 0 spiro atoms. The number of rotatable bonds is 4. The van der Waals surface area contributed by atoms with Gasteiger partial charge < -0.3 is 9.64 Å². The molecule has 0 N–H and O–H groups in total. The van der Waals surface area contributed by atoms with Gasteiger partial charge >= 0.3 is 6.18 Å². The zero-order chi connectivity index (χ0) is 21.5. The van der Waals surface area contributed by atoms with E-state index < -0.39 is 11.7 Å². The molecule has 1 aromatic carbocycles. The van der Waals surface area contributed by atoms with Crippen molar-refractivity contribution >= 4 is 33.5 Å². The molecule has 160 valence electrons. The van der Waals surface area contributed by atoms with Gasteiger partial charge in [-0.2, -0.15) is 13.2 Å². The molecule has 1 aromatic heterocycles. The van der Waals surface area contributed by atoms with Crippen LogP contribution in [0.4, 0.5) is 18.9 Å². The van der Waals surface area contributed by atoms with Gasteiger partial charge in [-0.05, 0) is 32.0 Å². The maximum atomic E-state index is 13.0. The van der Waals surface area contributed by atoms with Crippen LogP contribution < -0.4 is 4.90 Å². The van der Waals surface area contributed by atoms with Crippen LogP contribution in [-0.4, -0.2) is 53.2 Å². The molecule has 1 unspecified atom stereocenters. The summed E-state index contributed by atoms with van der Waals surface area (Å²) in [6.07, 6.45) is -2.83. The summed E-state index contributed by atoms with van der Waals surface area (Å²) < 4.78 is 44.9. The molecule has 4 rings (SSSR count). The van der Waals surface area contributed by atoms with E-state index in [1.54, 1.807) is 13.1 Å². The van der Waals surface area contributed by atoms with Gasteiger partial charge in [-0.15, -0.1) is 0 Å². The first-order chi connectivity index (χ1) is 14.2. The lowest BCUT2D eigenvalue weighted by atomic mass is 10.1. The number of nitrogens with zero attached hydrogens (tertiary/aromatic N) is 3. The quantitative estimate of drug-likeness (QED) is 0.711. The third-order valence-electron chi connectivity index (χ3n) is 5.49. The van der Waals surface area contributed by atoms with E-state index >= 15 is 0 Å². The molecule has 2 aliphatic heterocycles. The van der Waals surface area contributed by atoms with Crippen LogP contribution in [0.15, 0.2) is 41.8 Å². The summed E-state index contributed by atoms with van der Waals surface area (Å²) in [4.78, 5) is 20.2. The fourth-order valence-electron chi connectivity index (χ4n) is 3.80. The fourth-order valence-corrected chi connectivity index (χ4v) is 4.75. The zero-order valence-electron chi connectivity index (χ0n) is 16.7. The van der Waals surface area contributed by atoms with Crippen molar-refractivity contribution in [2.45, 2.75) is 25.3 Å². The summed E-state index contributed by atoms with van der Waals surface area (Å²) in [5.74, 6) is 0.757. The highest BCUT2D eigenvalue weighted by molar-refractivity contribution is 8.15. The second-order valence-electron chi connectivity index (χ2n) is 7.48. The van der Waals surface area contributed by atoms with Crippen molar-refractivity contribution in [3.05, 3.63) is 47.4 Å². The van der Waals surface area contributed by atoms with E-state index in [1.807, 2.05) is 13.0 Å². The van der Waals surface area contributed by atoms with Gasteiger partial charge in [-0.1, -0.05) is 17.8 Å². The highest BCUT2D eigenvalue weighted by Crippen LogP contribution is 2.35. The number of anilines is 1. The average molecular weight is 437 g/mol. The van der Waals surface area contributed by atoms with Crippen LogP contribution in [0.2, 0.25) is 0 Å². The first kappa shape index (κ1) is 21.0. The molecule has 30 heavy (non-hydrogen) atoms. The molecule has 1 atom stereocenters. The maximum absolute atomic E-state index is 13.0. The minimum atomic E-state index is -4.38. The highest BCUT2D eigenvalue weighted by Gasteiger charge is 2.31. The molecule has 1 fully saturated rings. The van der Waals surface area contributed by atoms with Gasteiger partial charge in [-0.25, -0.2) is 0 Å². The Bertz CT molecular complexity index is 1000. The third-order valence-corrected chi connectivity index (χ3v) is 6.58. The number of hydrogen-bond donors (Lipinski definition) is 0. The number of alkyl halides is 3. The number of aromatic nitrogens is 1. The Morgan fingerprint density at radius 1 is 1.20 bits per heavy atom. The Morgan fingerprint density at radius 2 is 1.93 bits per heavy atom. The van der Waals surface area contributed by atoms with Crippen LogP contribution in [-0.2, 0) is 15.7 Å². The number of thioether (sulfide) groups is 1. The summed E-state index contributed by atoms with van der Waals surface area (Å²) in [6, 6.07) is 5.55. The van der Waals surface area contributed by atoms with E-state index in [1.165, 1.54) is 17.8 Å². The van der Waals surface area contributed by atoms with Gasteiger partial charge in [0.2, 0.25) is 5.12 Å². The van der Waals surface area contributed by atoms with Crippen LogP contribution in [0.25, 0.3) is 10.9 Å². The van der Waals surface area contributed by atoms with Gasteiger partial charge in [0.25, 0.3) is 0 Å². The lowest BCUT2D eigenvalue weighted by Gasteiger charge is -2.36. The van der Waals surface area contributed by atoms with Gasteiger partial charge in [0.05, 0.1) is 16.3 Å². The van der Waals surface area contributed by atoms with Crippen molar-refractivity contribution in [3.63, 3.8) is 0 Å². The topological polar surface area (TPSA) is 45.7 Å². The van der Waals surface area contributed by atoms with Crippen LogP contribution in [0.3, 0.4) is 0 Å². The molecule has 0 bridgehead atoms. The van der Waals surface area contributed by atoms with E-state index in [0.717, 1.165) is 49.8 Å². The van der Waals surface area contributed by atoms with E-state index in [2.05, 4.69) is 14.8 Å². The van der Waals surface area contributed by atoms with Gasteiger partial charge in [0, 0.05) is 49.0 Å². The van der Waals surface area contributed by atoms with Crippen molar-refractivity contribution in [3.8, 4) is 0 Å².